The third-order valence-electron chi connectivity index (χ3n) is 4.79. The van der Waals surface area contributed by atoms with Crippen molar-refractivity contribution in [2.24, 2.45) is 0 Å². The van der Waals surface area contributed by atoms with Gasteiger partial charge in [-0.2, -0.15) is 0 Å². The molecule has 1 atom stereocenters. The number of hydrogen-bond donors (Lipinski definition) is 0. The molecule has 0 spiro atoms. The molecule has 138 valence electrons. The van der Waals surface area contributed by atoms with Crippen molar-refractivity contribution in [1.82, 2.24) is 4.90 Å². The highest BCUT2D eigenvalue weighted by Gasteiger charge is 2.46. The van der Waals surface area contributed by atoms with Gasteiger partial charge in [0.05, 0.1) is 11.5 Å². The number of nitrogens with zero attached hydrogens (tertiary/aromatic N) is 1. The SMILES string of the molecule is CC(C)(C)OC(=O)N1CCC[C@@]1(Cc1ccc2ccccc2c1)C(=O)[O-]. The van der Waals surface area contributed by atoms with Crippen molar-refractivity contribution in [3.63, 3.8) is 0 Å². The van der Waals surface area contributed by atoms with Crippen LogP contribution in [-0.4, -0.2) is 34.6 Å². The Balaban J connectivity index is 1.93. The molecule has 0 saturated carbocycles. The Morgan fingerprint density at radius 3 is 2.50 bits per heavy atom. The molecule has 5 heteroatoms. The van der Waals surface area contributed by atoms with Gasteiger partial charge in [0.15, 0.2) is 0 Å². The first-order chi connectivity index (χ1) is 12.2. The summed E-state index contributed by atoms with van der Waals surface area (Å²) in [6.07, 6.45) is 0.585. The van der Waals surface area contributed by atoms with E-state index in [0.29, 0.717) is 19.4 Å². The van der Waals surface area contributed by atoms with Crippen LogP contribution < -0.4 is 5.11 Å². The van der Waals surface area contributed by atoms with Crippen molar-refractivity contribution in [3.8, 4) is 0 Å². The highest BCUT2D eigenvalue weighted by Crippen LogP contribution is 2.34. The van der Waals surface area contributed by atoms with Gasteiger partial charge >= 0.3 is 6.09 Å². The molecule has 1 aliphatic heterocycles. The summed E-state index contributed by atoms with van der Waals surface area (Å²) in [6, 6.07) is 13.8. The van der Waals surface area contributed by atoms with Crippen LogP contribution in [0.15, 0.2) is 42.5 Å². The Morgan fingerprint density at radius 1 is 1.15 bits per heavy atom. The molecule has 0 aromatic heterocycles. The lowest BCUT2D eigenvalue weighted by atomic mass is 9.87. The molecule has 1 fully saturated rings. The van der Waals surface area contributed by atoms with E-state index in [2.05, 4.69) is 0 Å². The van der Waals surface area contributed by atoms with Crippen LogP contribution in [0.5, 0.6) is 0 Å². The quantitative estimate of drug-likeness (QED) is 0.850. The zero-order chi connectivity index (χ0) is 18.9. The van der Waals surface area contributed by atoms with Gasteiger partial charge in [-0.05, 0) is 49.9 Å². The fourth-order valence-corrected chi connectivity index (χ4v) is 3.62. The topological polar surface area (TPSA) is 69.7 Å². The van der Waals surface area contributed by atoms with Crippen LogP contribution in [0.2, 0.25) is 0 Å². The van der Waals surface area contributed by atoms with Crippen molar-refractivity contribution in [2.45, 2.75) is 51.2 Å². The monoisotopic (exact) mass is 354 g/mol. The minimum absolute atomic E-state index is 0.208. The number of aliphatic carboxylic acids is 1. The van der Waals surface area contributed by atoms with E-state index >= 15 is 0 Å². The Morgan fingerprint density at radius 2 is 1.85 bits per heavy atom. The van der Waals surface area contributed by atoms with E-state index in [4.69, 9.17) is 4.74 Å². The molecule has 1 saturated heterocycles. The summed E-state index contributed by atoms with van der Waals surface area (Å²) in [7, 11) is 0. The number of fused-ring (bicyclic) bond motifs is 1. The van der Waals surface area contributed by atoms with Crippen LogP contribution in [-0.2, 0) is 16.0 Å². The van der Waals surface area contributed by atoms with Crippen molar-refractivity contribution in [2.75, 3.05) is 6.54 Å². The second-order valence-corrected chi connectivity index (χ2v) is 7.91. The fraction of sp³-hybridized carbons (Fsp3) is 0.429. The van der Waals surface area contributed by atoms with Gasteiger partial charge in [0.25, 0.3) is 0 Å². The molecule has 0 aliphatic carbocycles. The first-order valence-corrected chi connectivity index (χ1v) is 8.91. The molecule has 2 aromatic rings. The van der Waals surface area contributed by atoms with Crippen molar-refractivity contribution >= 4 is 22.8 Å². The number of hydrogen-bond acceptors (Lipinski definition) is 4. The molecule has 26 heavy (non-hydrogen) atoms. The smallest absolute Gasteiger partial charge is 0.411 e. The lowest BCUT2D eigenvalue weighted by Gasteiger charge is -2.40. The Bertz CT molecular complexity index is 839. The Hall–Kier alpha value is -2.56. The number of carbonyl (C=O) groups is 2. The van der Waals surface area contributed by atoms with Gasteiger partial charge in [-0.15, -0.1) is 0 Å². The number of carboxylic acid groups (broad SMARTS) is 1. The number of carboxylic acids is 1. The van der Waals surface area contributed by atoms with Gasteiger partial charge in [0, 0.05) is 13.0 Å². The average molecular weight is 354 g/mol. The highest BCUT2D eigenvalue weighted by atomic mass is 16.6. The van der Waals surface area contributed by atoms with Gasteiger partial charge in [0.2, 0.25) is 0 Å². The van der Waals surface area contributed by atoms with Crippen LogP contribution in [0, 0.1) is 0 Å². The maximum absolute atomic E-state index is 12.6. The number of rotatable bonds is 3. The van der Waals surface area contributed by atoms with Gasteiger partial charge in [-0.1, -0.05) is 42.5 Å². The molecular weight excluding hydrogens is 330 g/mol. The molecule has 0 radical (unpaired) electrons. The van der Waals surface area contributed by atoms with Gasteiger partial charge in [-0.3, -0.25) is 4.90 Å². The van der Waals surface area contributed by atoms with Crippen LogP contribution in [0.3, 0.4) is 0 Å². The van der Waals surface area contributed by atoms with E-state index in [0.717, 1.165) is 16.3 Å². The van der Waals surface area contributed by atoms with E-state index in [1.807, 2.05) is 42.5 Å². The summed E-state index contributed by atoms with van der Waals surface area (Å²) in [5, 5.41) is 14.2. The largest absolute Gasteiger partial charge is 0.548 e. The highest BCUT2D eigenvalue weighted by molar-refractivity contribution is 5.86. The van der Waals surface area contributed by atoms with Crippen LogP contribution in [0.25, 0.3) is 10.8 Å². The molecule has 2 aromatic carbocycles. The molecule has 0 bridgehead atoms. The maximum atomic E-state index is 12.6. The third-order valence-corrected chi connectivity index (χ3v) is 4.79. The van der Waals surface area contributed by atoms with E-state index in [-0.39, 0.29) is 6.42 Å². The zero-order valence-electron chi connectivity index (χ0n) is 15.5. The predicted molar refractivity (Wildman–Crippen MR) is 97.6 cm³/mol. The van der Waals surface area contributed by atoms with Gasteiger partial charge < -0.3 is 14.6 Å². The normalized spacial score (nSPS) is 20.3. The van der Waals surface area contributed by atoms with E-state index in [1.54, 1.807) is 20.8 Å². The number of benzene rings is 2. The number of amides is 1. The summed E-state index contributed by atoms with van der Waals surface area (Å²) in [5.74, 6) is -1.23. The second-order valence-electron chi connectivity index (χ2n) is 7.91. The molecule has 1 amide bonds. The van der Waals surface area contributed by atoms with Gasteiger partial charge in [-0.25, -0.2) is 4.79 Å². The first kappa shape index (κ1) is 18.2. The number of likely N-dealkylation sites (tertiary alicyclic amines) is 1. The standard InChI is InChI=1S/C21H25NO4/c1-20(2,3)26-19(25)22-12-6-11-21(22,18(23)24)14-15-9-10-16-7-4-5-8-17(16)13-15/h4-5,7-10,13H,6,11-12,14H2,1-3H3,(H,23,24)/p-1/t21-/m1/s1. The summed E-state index contributed by atoms with van der Waals surface area (Å²) in [6.45, 7) is 5.66. The molecular formula is C21H24NO4-. The summed E-state index contributed by atoms with van der Waals surface area (Å²) < 4.78 is 5.43. The number of ether oxygens (including phenoxy) is 1. The van der Waals surface area contributed by atoms with Crippen molar-refractivity contribution in [1.29, 1.82) is 0 Å². The second kappa shape index (κ2) is 6.63. The fourth-order valence-electron chi connectivity index (χ4n) is 3.62. The van der Waals surface area contributed by atoms with Crippen LogP contribution in [0.4, 0.5) is 4.79 Å². The molecule has 5 nitrogen and oxygen atoms in total. The molecule has 1 aliphatic rings. The average Bonchev–Trinajstić information content (AvgIpc) is 2.98. The van der Waals surface area contributed by atoms with Crippen molar-refractivity contribution < 1.29 is 19.4 Å². The lowest BCUT2D eigenvalue weighted by molar-refractivity contribution is -0.317. The lowest BCUT2D eigenvalue weighted by Crippen LogP contribution is -2.60. The molecule has 0 N–H and O–H groups in total. The Kier molecular flexibility index (Phi) is 4.65. The Labute approximate surface area is 153 Å². The molecule has 3 rings (SSSR count). The number of carbonyl (C=O) groups excluding carboxylic acids is 2. The van der Waals surface area contributed by atoms with Crippen LogP contribution in [0.1, 0.15) is 39.2 Å². The summed E-state index contributed by atoms with van der Waals surface area (Å²) >= 11 is 0. The molecule has 0 unspecified atom stereocenters. The maximum Gasteiger partial charge on any atom is 0.411 e. The minimum Gasteiger partial charge on any atom is -0.548 e. The van der Waals surface area contributed by atoms with Crippen LogP contribution >= 0.6 is 0 Å². The van der Waals surface area contributed by atoms with E-state index in [1.165, 1.54) is 4.90 Å². The predicted octanol–water partition coefficient (Wildman–Crippen LogP) is 2.90. The van der Waals surface area contributed by atoms with E-state index < -0.39 is 23.2 Å². The first-order valence-electron chi connectivity index (χ1n) is 8.91. The van der Waals surface area contributed by atoms with Gasteiger partial charge in [0.1, 0.15) is 5.60 Å². The summed E-state index contributed by atoms with van der Waals surface area (Å²) in [4.78, 5) is 26.0. The van der Waals surface area contributed by atoms with Crippen molar-refractivity contribution in [3.05, 3.63) is 48.0 Å². The zero-order valence-corrected chi connectivity index (χ0v) is 15.5. The minimum atomic E-state index is -1.37. The van der Waals surface area contributed by atoms with E-state index in [9.17, 15) is 14.7 Å². The molecule has 1 heterocycles. The summed E-state index contributed by atoms with van der Waals surface area (Å²) in [5.41, 5.74) is -1.19. The third kappa shape index (κ3) is 3.52.